The van der Waals surface area contributed by atoms with E-state index in [0.717, 1.165) is 12.1 Å². The molecule has 0 bridgehead atoms. The second-order valence-electron chi connectivity index (χ2n) is 6.12. The molecule has 0 amide bonds. The van der Waals surface area contributed by atoms with Gasteiger partial charge in [-0.25, -0.2) is 0 Å². The number of piperidine rings is 1. The van der Waals surface area contributed by atoms with Gasteiger partial charge in [-0.15, -0.1) is 0 Å². The summed E-state index contributed by atoms with van der Waals surface area (Å²) in [6, 6.07) is 1.62. The minimum atomic E-state index is 0.806. The van der Waals surface area contributed by atoms with Crippen molar-refractivity contribution in [2.45, 2.75) is 70.9 Å². The highest BCUT2D eigenvalue weighted by Crippen LogP contribution is 2.19. The summed E-state index contributed by atoms with van der Waals surface area (Å²) >= 11 is 0. The molecule has 2 heteroatoms. The van der Waals surface area contributed by atoms with E-state index in [1.54, 1.807) is 0 Å². The molecule has 2 atom stereocenters. The summed E-state index contributed by atoms with van der Waals surface area (Å²) in [4.78, 5) is 5.39. The molecule has 2 fully saturated rings. The van der Waals surface area contributed by atoms with Gasteiger partial charge in [-0.3, -0.25) is 0 Å². The van der Waals surface area contributed by atoms with Gasteiger partial charge in [-0.1, -0.05) is 6.42 Å². The Balaban J connectivity index is 1.65. The third kappa shape index (κ3) is 3.96. The van der Waals surface area contributed by atoms with E-state index in [9.17, 15) is 0 Å². The van der Waals surface area contributed by atoms with Crippen LogP contribution in [0.5, 0.6) is 0 Å². The van der Waals surface area contributed by atoms with Gasteiger partial charge in [0.05, 0.1) is 0 Å². The van der Waals surface area contributed by atoms with Crippen molar-refractivity contribution >= 4 is 0 Å². The van der Waals surface area contributed by atoms with Crippen LogP contribution in [0.4, 0.5) is 0 Å². The van der Waals surface area contributed by atoms with Gasteiger partial charge in [0.25, 0.3) is 0 Å². The van der Waals surface area contributed by atoms with Crippen molar-refractivity contribution in [1.29, 1.82) is 0 Å². The minimum absolute atomic E-state index is 0.806. The quantitative estimate of drug-likeness (QED) is 0.726. The highest BCUT2D eigenvalue weighted by Gasteiger charge is 2.21. The predicted molar refractivity (Wildman–Crippen MR) is 74.4 cm³/mol. The second-order valence-corrected chi connectivity index (χ2v) is 6.12. The largest absolute Gasteiger partial charge is 0.301 e. The lowest BCUT2D eigenvalue weighted by atomic mass is 10.0. The number of rotatable bonds is 5. The van der Waals surface area contributed by atoms with Crippen LogP contribution in [0.25, 0.3) is 0 Å². The summed E-state index contributed by atoms with van der Waals surface area (Å²) in [6.07, 6.45) is 9.92. The highest BCUT2D eigenvalue weighted by atomic mass is 15.2. The van der Waals surface area contributed by atoms with Gasteiger partial charge < -0.3 is 9.80 Å². The van der Waals surface area contributed by atoms with Gasteiger partial charge in [0.15, 0.2) is 0 Å². The standard InChI is InChI=1S/C15H30N2/c1-14(16-10-4-3-5-11-16)8-9-15(2)17-12-6-7-13-17/h14-15H,3-13H2,1-2H3. The van der Waals surface area contributed by atoms with Crippen LogP contribution >= 0.6 is 0 Å². The molecule has 2 aliphatic heterocycles. The Morgan fingerprint density at radius 1 is 0.647 bits per heavy atom. The first-order valence-electron chi connectivity index (χ1n) is 7.75. The van der Waals surface area contributed by atoms with Crippen LogP contribution in [0.3, 0.4) is 0 Å². The molecule has 0 N–H and O–H groups in total. The van der Waals surface area contributed by atoms with E-state index >= 15 is 0 Å². The Morgan fingerprint density at radius 3 is 1.41 bits per heavy atom. The number of hydrogen-bond acceptors (Lipinski definition) is 2. The average Bonchev–Trinajstić information content (AvgIpc) is 2.90. The maximum Gasteiger partial charge on any atom is 0.00675 e. The Labute approximate surface area is 107 Å². The zero-order valence-corrected chi connectivity index (χ0v) is 11.8. The van der Waals surface area contributed by atoms with Crippen LogP contribution in [0.1, 0.15) is 58.8 Å². The van der Waals surface area contributed by atoms with E-state index < -0.39 is 0 Å². The molecule has 0 aromatic carbocycles. The van der Waals surface area contributed by atoms with Crippen molar-refractivity contribution in [3.05, 3.63) is 0 Å². The number of nitrogens with zero attached hydrogens (tertiary/aromatic N) is 2. The lowest BCUT2D eigenvalue weighted by Crippen LogP contribution is -2.38. The van der Waals surface area contributed by atoms with Crippen LogP contribution in [0.15, 0.2) is 0 Å². The van der Waals surface area contributed by atoms with Crippen molar-refractivity contribution in [2.75, 3.05) is 26.2 Å². The zero-order valence-electron chi connectivity index (χ0n) is 11.8. The average molecular weight is 238 g/mol. The summed E-state index contributed by atoms with van der Waals surface area (Å²) in [5.74, 6) is 0. The lowest BCUT2D eigenvalue weighted by Gasteiger charge is -2.33. The van der Waals surface area contributed by atoms with Crippen molar-refractivity contribution < 1.29 is 0 Å². The van der Waals surface area contributed by atoms with E-state index in [4.69, 9.17) is 0 Å². The van der Waals surface area contributed by atoms with E-state index in [0.29, 0.717) is 0 Å². The van der Waals surface area contributed by atoms with E-state index in [-0.39, 0.29) is 0 Å². The van der Waals surface area contributed by atoms with Crippen LogP contribution in [0.2, 0.25) is 0 Å². The zero-order chi connectivity index (χ0) is 12.1. The molecule has 0 spiro atoms. The SMILES string of the molecule is CC(CCC(C)N1CCCC1)N1CCCCC1. The summed E-state index contributed by atoms with van der Waals surface area (Å²) in [7, 11) is 0. The van der Waals surface area contributed by atoms with Gasteiger partial charge in [0, 0.05) is 12.1 Å². The Hall–Kier alpha value is -0.0800. The minimum Gasteiger partial charge on any atom is -0.301 e. The maximum absolute atomic E-state index is 2.71. The monoisotopic (exact) mass is 238 g/mol. The fourth-order valence-corrected chi connectivity index (χ4v) is 3.39. The van der Waals surface area contributed by atoms with Crippen LogP contribution < -0.4 is 0 Å². The normalized spacial score (nSPS) is 27.2. The molecule has 0 saturated carbocycles. The third-order valence-electron chi connectivity index (χ3n) is 4.78. The van der Waals surface area contributed by atoms with Gasteiger partial charge in [-0.2, -0.15) is 0 Å². The molecular formula is C15H30N2. The van der Waals surface area contributed by atoms with Crippen LogP contribution in [0, 0.1) is 0 Å². The van der Waals surface area contributed by atoms with E-state index in [2.05, 4.69) is 23.6 Å². The molecule has 0 aliphatic carbocycles. The lowest BCUT2D eigenvalue weighted by molar-refractivity contribution is 0.151. The summed E-state index contributed by atoms with van der Waals surface area (Å²) < 4.78 is 0. The molecule has 2 aliphatic rings. The van der Waals surface area contributed by atoms with Crippen molar-refractivity contribution in [3.8, 4) is 0 Å². The van der Waals surface area contributed by atoms with Gasteiger partial charge in [0.2, 0.25) is 0 Å². The fourth-order valence-electron chi connectivity index (χ4n) is 3.39. The molecule has 2 heterocycles. The molecule has 100 valence electrons. The molecule has 0 aromatic heterocycles. The molecule has 2 unspecified atom stereocenters. The Bertz CT molecular complexity index is 205. The Kier molecular flexibility index (Phi) is 5.30. The Morgan fingerprint density at radius 2 is 1.00 bits per heavy atom. The fraction of sp³-hybridized carbons (Fsp3) is 1.00. The topological polar surface area (TPSA) is 6.48 Å². The molecule has 17 heavy (non-hydrogen) atoms. The third-order valence-corrected chi connectivity index (χ3v) is 4.78. The number of likely N-dealkylation sites (tertiary alicyclic amines) is 2. The molecule has 2 saturated heterocycles. The van der Waals surface area contributed by atoms with E-state index in [1.807, 2.05) is 0 Å². The second kappa shape index (κ2) is 6.75. The summed E-state index contributed by atoms with van der Waals surface area (Å²) in [5.41, 5.74) is 0. The molecular weight excluding hydrogens is 208 g/mol. The summed E-state index contributed by atoms with van der Waals surface area (Å²) in [6.45, 7) is 10.2. The van der Waals surface area contributed by atoms with Crippen molar-refractivity contribution in [1.82, 2.24) is 9.80 Å². The smallest absolute Gasteiger partial charge is 0.00675 e. The first-order chi connectivity index (χ1) is 8.27. The van der Waals surface area contributed by atoms with Gasteiger partial charge in [-0.05, 0) is 78.6 Å². The first kappa shape index (κ1) is 13.4. The molecule has 2 nitrogen and oxygen atoms in total. The van der Waals surface area contributed by atoms with Crippen LogP contribution in [-0.2, 0) is 0 Å². The van der Waals surface area contributed by atoms with Gasteiger partial charge in [0.1, 0.15) is 0 Å². The van der Waals surface area contributed by atoms with Crippen LogP contribution in [-0.4, -0.2) is 48.1 Å². The predicted octanol–water partition coefficient (Wildman–Crippen LogP) is 3.13. The molecule has 0 radical (unpaired) electrons. The highest BCUT2D eigenvalue weighted by molar-refractivity contribution is 4.77. The van der Waals surface area contributed by atoms with Crippen molar-refractivity contribution in [2.24, 2.45) is 0 Å². The van der Waals surface area contributed by atoms with Crippen molar-refractivity contribution in [3.63, 3.8) is 0 Å². The summed E-state index contributed by atoms with van der Waals surface area (Å²) in [5, 5.41) is 0. The molecule has 2 rings (SSSR count). The first-order valence-corrected chi connectivity index (χ1v) is 7.75. The van der Waals surface area contributed by atoms with E-state index in [1.165, 1.54) is 71.1 Å². The van der Waals surface area contributed by atoms with Gasteiger partial charge >= 0.3 is 0 Å². The molecule has 0 aromatic rings. The maximum atomic E-state index is 2.71. The number of hydrogen-bond donors (Lipinski definition) is 0.